The van der Waals surface area contributed by atoms with Crippen molar-refractivity contribution < 1.29 is 0 Å². The van der Waals surface area contributed by atoms with Gasteiger partial charge in [-0.1, -0.05) is 11.3 Å². The van der Waals surface area contributed by atoms with Gasteiger partial charge in [0.2, 0.25) is 5.13 Å². The van der Waals surface area contributed by atoms with E-state index in [-0.39, 0.29) is 0 Å². The zero-order valence-corrected chi connectivity index (χ0v) is 9.76. The summed E-state index contributed by atoms with van der Waals surface area (Å²) < 4.78 is 0.819. The summed E-state index contributed by atoms with van der Waals surface area (Å²) in [7, 11) is 1.82. The molecule has 1 N–H and O–H groups in total. The largest absolute Gasteiger partial charge is 0.363 e. The molecule has 0 atom stereocenters. The zero-order valence-electron chi connectivity index (χ0n) is 7.36. The van der Waals surface area contributed by atoms with Gasteiger partial charge in [0.15, 0.2) is 5.01 Å². The summed E-state index contributed by atoms with van der Waals surface area (Å²) in [6, 6.07) is 3.84. The number of hydrogen-bond donors (Lipinski definition) is 1. The minimum atomic E-state index is 0.808. The minimum absolute atomic E-state index is 0.808. The topological polar surface area (TPSA) is 50.7 Å². The van der Waals surface area contributed by atoms with Gasteiger partial charge < -0.3 is 5.32 Å². The monoisotopic (exact) mass is 270 g/mol. The Morgan fingerprint density at radius 1 is 1.36 bits per heavy atom. The van der Waals surface area contributed by atoms with Crippen molar-refractivity contribution in [3.05, 3.63) is 22.9 Å². The molecule has 0 bridgehead atoms. The molecular weight excluding hydrogens is 264 g/mol. The molecule has 0 radical (unpaired) electrons. The van der Waals surface area contributed by atoms with Crippen molar-refractivity contribution >= 4 is 32.4 Å². The van der Waals surface area contributed by atoms with Crippen molar-refractivity contribution in [3.8, 4) is 10.6 Å². The first kappa shape index (κ1) is 9.54. The Morgan fingerprint density at radius 2 is 2.21 bits per heavy atom. The molecule has 14 heavy (non-hydrogen) atoms. The molecule has 72 valence electrons. The normalized spacial score (nSPS) is 10.1. The summed E-state index contributed by atoms with van der Waals surface area (Å²) >= 11 is 4.78. The Hall–Kier alpha value is -1.01. The van der Waals surface area contributed by atoms with Gasteiger partial charge in [-0.25, -0.2) is 4.98 Å². The molecule has 2 aromatic heterocycles. The van der Waals surface area contributed by atoms with Crippen LogP contribution in [0.15, 0.2) is 22.9 Å². The van der Waals surface area contributed by atoms with E-state index >= 15 is 0 Å². The Labute approximate surface area is 93.5 Å². The molecule has 0 fully saturated rings. The lowest BCUT2D eigenvalue weighted by molar-refractivity contribution is 1.09. The van der Waals surface area contributed by atoms with Crippen LogP contribution in [0.2, 0.25) is 0 Å². The van der Waals surface area contributed by atoms with E-state index in [1.165, 1.54) is 11.3 Å². The van der Waals surface area contributed by atoms with Gasteiger partial charge in [0, 0.05) is 18.8 Å². The van der Waals surface area contributed by atoms with Crippen molar-refractivity contribution in [1.82, 2.24) is 15.2 Å². The average molecular weight is 271 g/mol. The lowest BCUT2D eigenvalue weighted by atomic mass is 10.3. The summed E-state index contributed by atoms with van der Waals surface area (Å²) in [5, 5.41) is 12.6. The van der Waals surface area contributed by atoms with Gasteiger partial charge >= 0.3 is 0 Å². The van der Waals surface area contributed by atoms with E-state index in [1.54, 1.807) is 6.20 Å². The van der Waals surface area contributed by atoms with Crippen LogP contribution in [-0.4, -0.2) is 22.2 Å². The fourth-order valence-electron chi connectivity index (χ4n) is 0.943. The highest BCUT2D eigenvalue weighted by Crippen LogP contribution is 2.25. The fraction of sp³-hybridized carbons (Fsp3) is 0.125. The first-order chi connectivity index (χ1) is 6.79. The minimum Gasteiger partial charge on any atom is -0.363 e. The number of aromatic nitrogens is 3. The molecule has 2 rings (SSSR count). The molecule has 0 spiro atoms. The van der Waals surface area contributed by atoms with Crippen LogP contribution in [-0.2, 0) is 0 Å². The van der Waals surface area contributed by atoms with Crippen LogP contribution in [0.1, 0.15) is 0 Å². The second-order valence-electron chi connectivity index (χ2n) is 2.53. The number of nitrogens with zero attached hydrogens (tertiary/aromatic N) is 3. The number of anilines is 1. The second kappa shape index (κ2) is 4.02. The number of nitrogens with one attached hydrogen (secondary N) is 1. The van der Waals surface area contributed by atoms with Crippen LogP contribution in [0, 0.1) is 0 Å². The van der Waals surface area contributed by atoms with Crippen LogP contribution in [0.5, 0.6) is 0 Å². The number of hydrogen-bond acceptors (Lipinski definition) is 5. The van der Waals surface area contributed by atoms with Gasteiger partial charge in [-0.15, -0.1) is 10.2 Å². The standard InChI is InChI=1S/C8H7BrN4S/c1-10-8-13-12-7(14-8)5-2-3-6(9)11-4-5/h2-4H,1H3,(H,10,13). The summed E-state index contributed by atoms with van der Waals surface area (Å²) in [6.45, 7) is 0. The number of halogens is 1. The van der Waals surface area contributed by atoms with E-state index in [2.05, 4.69) is 36.4 Å². The lowest BCUT2D eigenvalue weighted by Gasteiger charge is -1.93. The van der Waals surface area contributed by atoms with Crippen molar-refractivity contribution in [3.63, 3.8) is 0 Å². The molecule has 2 heterocycles. The molecule has 0 aromatic carbocycles. The molecule has 0 aliphatic carbocycles. The Bertz CT molecular complexity index is 425. The van der Waals surface area contributed by atoms with Crippen LogP contribution in [0.25, 0.3) is 10.6 Å². The molecule has 4 nitrogen and oxygen atoms in total. The zero-order chi connectivity index (χ0) is 9.97. The van der Waals surface area contributed by atoms with E-state index in [0.29, 0.717) is 0 Å². The summed E-state index contributed by atoms with van der Waals surface area (Å²) in [4.78, 5) is 4.13. The third-order valence-corrected chi connectivity index (χ3v) is 3.07. The van der Waals surface area contributed by atoms with Crippen LogP contribution < -0.4 is 5.32 Å². The van der Waals surface area contributed by atoms with Gasteiger partial charge in [0.05, 0.1) is 0 Å². The molecule has 0 aliphatic heterocycles. The highest BCUT2D eigenvalue weighted by atomic mass is 79.9. The SMILES string of the molecule is CNc1nnc(-c2ccc(Br)nc2)s1. The van der Waals surface area contributed by atoms with Crippen molar-refractivity contribution in [2.24, 2.45) is 0 Å². The summed E-state index contributed by atoms with van der Waals surface area (Å²) in [6.07, 6.45) is 1.77. The van der Waals surface area contributed by atoms with Gasteiger partial charge in [0.1, 0.15) is 4.60 Å². The number of pyridine rings is 1. The first-order valence-corrected chi connectivity index (χ1v) is 5.54. The highest BCUT2D eigenvalue weighted by Gasteiger charge is 2.05. The molecule has 2 aromatic rings. The maximum Gasteiger partial charge on any atom is 0.205 e. The molecule has 6 heteroatoms. The maximum atomic E-state index is 4.13. The smallest absolute Gasteiger partial charge is 0.205 e. The van der Waals surface area contributed by atoms with E-state index in [1.807, 2.05) is 19.2 Å². The molecule has 0 unspecified atom stereocenters. The first-order valence-electron chi connectivity index (χ1n) is 3.93. The van der Waals surface area contributed by atoms with Crippen LogP contribution in [0.3, 0.4) is 0 Å². The van der Waals surface area contributed by atoms with E-state index in [0.717, 1.165) is 20.3 Å². The maximum absolute atomic E-state index is 4.13. The van der Waals surface area contributed by atoms with E-state index < -0.39 is 0 Å². The predicted octanol–water partition coefficient (Wildman–Crippen LogP) is 2.40. The average Bonchev–Trinajstić information content (AvgIpc) is 2.67. The molecule has 0 amide bonds. The third kappa shape index (κ3) is 1.91. The predicted molar refractivity (Wildman–Crippen MR) is 60.4 cm³/mol. The Balaban J connectivity index is 2.34. The van der Waals surface area contributed by atoms with Gasteiger partial charge in [-0.2, -0.15) is 0 Å². The Kier molecular flexibility index (Phi) is 2.74. The second-order valence-corrected chi connectivity index (χ2v) is 4.32. The van der Waals surface area contributed by atoms with Crippen molar-refractivity contribution in [1.29, 1.82) is 0 Å². The van der Waals surface area contributed by atoms with Gasteiger partial charge in [-0.3, -0.25) is 0 Å². The third-order valence-electron chi connectivity index (χ3n) is 1.61. The van der Waals surface area contributed by atoms with Crippen molar-refractivity contribution in [2.75, 3.05) is 12.4 Å². The van der Waals surface area contributed by atoms with Crippen molar-refractivity contribution in [2.45, 2.75) is 0 Å². The summed E-state index contributed by atoms with van der Waals surface area (Å²) in [5.41, 5.74) is 0.979. The van der Waals surface area contributed by atoms with E-state index in [9.17, 15) is 0 Å². The molecule has 0 aliphatic rings. The molecule has 0 saturated carbocycles. The molecular formula is C8H7BrN4S. The molecule has 0 saturated heterocycles. The Morgan fingerprint density at radius 3 is 2.79 bits per heavy atom. The van der Waals surface area contributed by atoms with Crippen LogP contribution >= 0.6 is 27.3 Å². The van der Waals surface area contributed by atoms with Gasteiger partial charge in [-0.05, 0) is 28.1 Å². The van der Waals surface area contributed by atoms with Crippen LogP contribution in [0.4, 0.5) is 5.13 Å². The van der Waals surface area contributed by atoms with Gasteiger partial charge in [0.25, 0.3) is 0 Å². The highest BCUT2D eigenvalue weighted by molar-refractivity contribution is 9.10. The lowest BCUT2D eigenvalue weighted by Crippen LogP contribution is -1.84. The summed E-state index contributed by atoms with van der Waals surface area (Å²) in [5.74, 6) is 0. The number of rotatable bonds is 2. The van der Waals surface area contributed by atoms with E-state index in [4.69, 9.17) is 0 Å². The fourth-order valence-corrected chi connectivity index (χ4v) is 1.86. The quantitative estimate of drug-likeness (QED) is 0.852.